The first-order valence-electron chi connectivity index (χ1n) is 6.74. The molecule has 0 aliphatic heterocycles. The molecular weight excluding hydrogens is 279 g/mol. The molecule has 0 radical (unpaired) electrons. The first-order chi connectivity index (χ1) is 9.81. The first kappa shape index (κ1) is 15.4. The van der Waals surface area contributed by atoms with Crippen LogP contribution in [0.5, 0.6) is 0 Å². The number of halogens is 3. The number of anilines is 1. The van der Waals surface area contributed by atoms with Gasteiger partial charge in [0.15, 0.2) is 0 Å². The van der Waals surface area contributed by atoms with Crippen molar-refractivity contribution in [1.29, 1.82) is 0 Å². The molecule has 1 N–H and O–H groups in total. The number of aryl methyl sites for hydroxylation is 3. The van der Waals surface area contributed by atoms with Gasteiger partial charge in [0, 0.05) is 12.7 Å². The number of hydrogen-bond donors (Lipinski definition) is 1. The highest BCUT2D eigenvalue weighted by Gasteiger charge is 2.30. The molecule has 0 fully saturated rings. The summed E-state index contributed by atoms with van der Waals surface area (Å²) in [6.07, 6.45) is -3.50. The summed E-state index contributed by atoms with van der Waals surface area (Å²) in [5.74, 6) is 0. The van der Waals surface area contributed by atoms with Crippen molar-refractivity contribution in [3.05, 3.63) is 46.8 Å². The van der Waals surface area contributed by atoms with Crippen LogP contribution < -0.4 is 5.32 Å². The van der Waals surface area contributed by atoms with E-state index in [1.807, 2.05) is 20.0 Å². The maximum absolute atomic E-state index is 12.7. The summed E-state index contributed by atoms with van der Waals surface area (Å²) in [6.45, 7) is 4.23. The number of benzene rings is 1. The zero-order chi connectivity index (χ0) is 15.6. The third-order valence-electron chi connectivity index (χ3n) is 3.41. The van der Waals surface area contributed by atoms with Gasteiger partial charge in [0.1, 0.15) is 0 Å². The van der Waals surface area contributed by atoms with Crippen molar-refractivity contribution in [3.8, 4) is 0 Å². The van der Waals surface area contributed by atoms with Crippen LogP contribution in [-0.2, 0) is 26.2 Å². The van der Waals surface area contributed by atoms with Gasteiger partial charge in [0.2, 0.25) is 0 Å². The van der Waals surface area contributed by atoms with Crippen molar-refractivity contribution in [2.24, 2.45) is 7.05 Å². The van der Waals surface area contributed by atoms with Gasteiger partial charge in [-0.15, -0.1) is 0 Å². The van der Waals surface area contributed by atoms with E-state index in [4.69, 9.17) is 0 Å². The molecule has 0 saturated carbocycles. The Bertz CT molecular complexity index is 630. The van der Waals surface area contributed by atoms with Gasteiger partial charge in [-0.25, -0.2) is 0 Å². The lowest BCUT2D eigenvalue weighted by atomic mass is 10.1. The molecule has 0 bridgehead atoms. The molecule has 0 atom stereocenters. The molecular formula is C15H18F3N3. The number of alkyl halides is 3. The molecule has 1 aromatic heterocycles. The summed E-state index contributed by atoms with van der Waals surface area (Å²) in [6, 6.07) is 5.67. The highest BCUT2D eigenvalue weighted by atomic mass is 19.4. The van der Waals surface area contributed by atoms with Crippen LogP contribution in [0.2, 0.25) is 0 Å². The van der Waals surface area contributed by atoms with E-state index in [0.29, 0.717) is 12.2 Å². The number of hydrogen-bond acceptors (Lipinski definition) is 2. The largest absolute Gasteiger partial charge is 0.416 e. The molecule has 0 amide bonds. The molecule has 0 spiro atoms. The average Bonchev–Trinajstić information content (AvgIpc) is 2.77. The van der Waals surface area contributed by atoms with Crippen LogP contribution in [0.3, 0.4) is 0 Å². The third-order valence-corrected chi connectivity index (χ3v) is 3.41. The second kappa shape index (κ2) is 5.79. The van der Waals surface area contributed by atoms with E-state index in [2.05, 4.69) is 10.4 Å². The number of rotatable bonds is 4. The normalized spacial score (nSPS) is 11.7. The van der Waals surface area contributed by atoms with Gasteiger partial charge in [-0.2, -0.15) is 18.3 Å². The van der Waals surface area contributed by atoms with Crippen molar-refractivity contribution >= 4 is 5.69 Å². The molecule has 6 heteroatoms. The van der Waals surface area contributed by atoms with Gasteiger partial charge >= 0.3 is 6.18 Å². The fraction of sp³-hybridized carbons (Fsp3) is 0.400. The second-order valence-electron chi connectivity index (χ2n) is 4.99. The fourth-order valence-corrected chi connectivity index (χ4v) is 2.08. The van der Waals surface area contributed by atoms with Gasteiger partial charge in [-0.05, 0) is 37.1 Å². The predicted molar refractivity (Wildman–Crippen MR) is 76.1 cm³/mol. The SMILES string of the molecule is CCc1cc(CNc2cc(C(F)(F)F)ccc2C)n(C)n1. The van der Waals surface area contributed by atoms with Crippen LogP contribution in [0, 0.1) is 6.92 Å². The molecule has 0 unspecified atom stereocenters. The Balaban J connectivity index is 2.17. The van der Waals surface area contributed by atoms with E-state index in [1.54, 1.807) is 11.6 Å². The van der Waals surface area contributed by atoms with E-state index in [9.17, 15) is 13.2 Å². The minimum atomic E-state index is -4.33. The fourth-order valence-electron chi connectivity index (χ4n) is 2.08. The van der Waals surface area contributed by atoms with Crippen LogP contribution in [0.25, 0.3) is 0 Å². The minimum absolute atomic E-state index is 0.436. The Kier molecular flexibility index (Phi) is 4.25. The molecule has 1 aromatic carbocycles. The van der Waals surface area contributed by atoms with Crippen molar-refractivity contribution in [1.82, 2.24) is 9.78 Å². The first-order valence-corrected chi connectivity index (χ1v) is 6.74. The number of nitrogens with zero attached hydrogens (tertiary/aromatic N) is 2. The summed E-state index contributed by atoms with van der Waals surface area (Å²) < 4.78 is 39.9. The van der Waals surface area contributed by atoms with Gasteiger partial charge in [-0.3, -0.25) is 4.68 Å². The molecule has 0 saturated heterocycles. The van der Waals surface area contributed by atoms with E-state index >= 15 is 0 Å². The summed E-state index contributed by atoms with van der Waals surface area (Å²) >= 11 is 0. The van der Waals surface area contributed by atoms with Crippen molar-refractivity contribution in [2.75, 3.05) is 5.32 Å². The summed E-state index contributed by atoms with van der Waals surface area (Å²) in [4.78, 5) is 0. The summed E-state index contributed by atoms with van der Waals surface area (Å²) in [5, 5.41) is 7.38. The number of nitrogens with one attached hydrogen (secondary N) is 1. The topological polar surface area (TPSA) is 29.9 Å². The van der Waals surface area contributed by atoms with Gasteiger partial charge < -0.3 is 5.32 Å². The van der Waals surface area contributed by atoms with Gasteiger partial charge in [0.25, 0.3) is 0 Å². The monoisotopic (exact) mass is 297 g/mol. The molecule has 2 rings (SSSR count). The van der Waals surface area contributed by atoms with E-state index in [1.165, 1.54) is 6.07 Å². The Hall–Kier alpha value is -1.98. The molecule has 21 heavy (non-hydrogen) atoms. The Morgan fingerprint density at radius 1 is 1.24 bits per heavy atom. The quantitative estimate of drug-likeness (QED) is 0.927. The van der Waals surface area contributed by atoms with Crippen LogP contribution >= 0.6 is 0 Å². The Labute approximate surface area is 121 Å². The second-order valence-corrected chi connectivity index (χ2v) is 4.99. The third kappa shape index (κ3) is 3.56. The lowest BCUT2D eigenvalue weighted by molar-refractivity contribution is -0.137. The summed E-state index contributed by atoms with van der Waals surface area (Å²) in [7, 11) is 1.83. The smallest absolute Gasteiger partial charge is 0.379 e. The van der Waals surface area contributed by atoms with E-state index < -0.39 is 11.7 Å². The van der Waals surface area contributed by atoms with E-state index in [0.717, 1.165) is 35.5 Å². The molecule has 114 valence electrons. The summed E-state index contributed by atoms with van der Waals surface area (Å²) in [5.41, 5.74) is 2.53. The predicted octanol–water partition coefficient (Wildman–Crippen LogP) is 3.92. The zero-order valence-electron chi connectivity index (χ0n) is 12.3. The minimum Gasteiger partial charge on any atom is -0.379 e. The van der Waals surface area contributed by atoms with Gasteiger partial charge in [0.05, 0.1) is 23.5 Å². The molecule has 0 aliphatic rings. The zero-order valence-corrected chi connectivity index (χ0v) is 12.3. The molecule has 3 nitrogen and oxygen atoms in total. The van der Waals surface area contributed by atoms with Crippen molar-refractivity contribution in [3.63, 3.8) is 0 Å². The van der Waals surface area contributed by atoms with E-state index in [-0.39, 0.29) is 0 Å². The molecule has 1 heterocycles. The van der Waals surface area contributed by atoms with Crippen LogP contribution in [-0.4, -0.2) is 9.78 Å². The highest BCUT2D eigenvalue weighted by Crippen LogP contribution is 2.32. The van der Waals surface area contributed by atoms with Crippen LogP contribution in [0.4, 0.5) is 18.9 Å². The maximum Gasteiger partial charge on any atom is 0.416 e. The lowest BCUT2D eigenvalue weighted by Gasteiger charge is -2.13. The average molecular weight is 297 g/mol. The lowest BCUT2D eigenvalue weighted by Crippen LogP contribution is -2.09. The number of aromatic nitrogens is 2. The maximum atomic E-state index is 12.7. The Morgan fingerprint density at radius 3 is 2.52 bits per heavy atom. The Morgan fingerprint density at radius 2 is 1.95 bits per heavy atom. The van der Waals surface area contributed by atoms with Crippen LogP contribution in [0.15, 0.2) is 24.3 Å². The standard InChI is InChI=1S/C15H18F3N3/c1-4-12-8-13(21(3)20-12)9-19-14-7-11(15(16,17)18)6-5-10(14)2/h5-8,19H,4,9H2,1-3H3. The highest BCUT2D eigenvalue weighted by molar-refractivity contribution is 5.53. The van der Waals surface area contributed by atoms with Crippen LogP contribution in [0.1, 0.15) is 29.4 Å². The van der Waals surface area contributed by atoms with Gasteiger partial charge in [-0.1, -0.05) is 13.0 Å². The van der Waals surface area contributed by atoms with Crippen molar-refractivity contribution < 1.29 is 13.2 Å². The molecule has 2 aromatic rings. The molecule has 0 aliphatic carbocycles. The van der Waals surface area contributed by atoms with Crippen molar-refractivity contribution in [2.45, 2.75) is 33.0 Å².